The zero-order valence-electron chi connectivity index (χ0n) is 21.3. The molecule has 0 bridgehead atoms. The van der Waals surface area contributed by atoms with E-state index in [1.165, 1.54) is 11.1 Å². The summed E-state index contributed by atoms with van der Waals surface area (Å²) in [6, 6.07) is 8.88. The number of hydrogen-bond donors (Lipinski definition) is 0. The van der Waals surface area contributed by atoms with Crippen LogP contribution in [0.4, 0.5) is 4.20 Å². The highest BCUT2D eigenvalue weighted by molar-refractivity contribution is 7.42. The summed E-state index contributed by atoms with van der Waals surface area (Å²) >= 11 is 0. The molecule has 0 N–H and O–H groups in total. The Labute approximate surface area is 196 Å². The van der Waals surface area contributed by atoms with E-state index < -0.39 is 8.69 Å². The Morgan fingerprint density at radius 2 is 1.38 bits per heavy atom. The van der Waals surface area contributed by atoms with Gasteiger partial charge in [-0.15, -0.1) is 4.20 Å². The Hall–Kier alpha value is -1.60. The van der Waals surface area contributed by atoms with Crippen LogP contribution in [0.3, 0.4) is 0 Å². The van der Waals surface area contributed by atoms with Crippen LogP contribution in [0.25, 0.3) is 0 Å². The Bertz CT molecular complexity index is 959. The lowest BCUT2D eigenvalue weighted by Crippen LogP contribution is -2.18. The summed E-state index contributed by atoms with van der Waals surface area (Å²) < 4.78 is 27.1. The van der Waals surface area contributed by atoms with Crippen LogP contribution in [0.15, 0.2) is 24.3 Å². The van der Waals surface area contributed by atoms with Crippen molar-refractivity contribution < 1.29 is 13.2 Å². The second-order valence-corrected chi connectivity index (χ2v) is 11.9. The van der Waals surface area contributed by atoms with Crippen molar-refractivity contribution >= 4 is 8.69 Å². The van der Waals surface area contributed by atoms with Gasteiger partial charge in [-0.3, -0.25) is 0 Å². The number of fused-ring (bicyclic) bond motifs is 2. The zero-order chi connectivity index (χ0) is 23.8. The van der Waals surface area contributed by atoms with E-state index in [4.69, 9.17) is 9.05 Å². The van der Waals surface area contributed by atoms with Gasteiger partial charge in [0.2, 0.25) is 0 Å². The first-order valence-electron chi connectivity index (χ1n) is 12.1. The Morgan fingerprint density at radius 3 is 1.88 bits per heavy atom. The highest BCUT2D eigenvalue weighted by Gasteiger charge is 2.33. The summed E-state index contributed by atoms with van der Waals surface area (Å²) in [4.78, 5) is 0. The topological polar surface area (TPSA) is 18.5 Å². The first-order chi connectivity index (χ1) is 14.9. The van der Waals surface area contributed by atoms with Gasteiger partial charge in [-0.25, -0.2) is 0 Å². The minimum absolute atomic E-state index is 0.0503. The van der Waals surface area contributed by atoms with Crippen molar-refractivity contribution in [1.29, 1.82) is 0 Å². The molecule has 0 aromatic heterocycles. The third-order valence-electron chi connectivity index (χ3n) is 6.17. The molecule has 0 aliphatic carbocycles. The average Bonchev–Trinajstić information content (AvgIpc) is 2.66. The summed E-state index contributed by atoms with van der Waals surface area (Å²) in [6.07, 6.45) is 2.80. The normalized spacial score (nSPS) is 18.5. The number of aryl methyl sites for hydroxylation is 1. The van der Waals surface area contributed by atoms with E-state index in [9.17, 15) is 0 Å². The summed E-state index contributed by atoms with van der Waals surface area (Å²) in [5.74, 6) is 2.50. The summed E-state index contributed by atoms with van der Waals surface area (Å²) in [5.41, 5.74) is 6.71. The molecular formula is C28H40FO2P. The van der Waals surface area contributed by atoms with Gasteiger partial charge in [-0.2, -0.15) is 0 Å². The van der Waals surface area contributed by atoms with Crippen molar-refractivity contribution in [3.8, 4) is 11.5 Å². The molecule has 4 heteroatoms. The minimum Gasteiger partial charge on any atom is -0.414 e. The number of benzene rings is 2. The van der Waals surface area contributed by atoms with E-state index in [1.807, 2.05) is 0 Å². The average molecular weight is 459 g/mol. The Balaban J connectivity index is 2.28. The predicted molar refractivity (Wildman–Crippen MR) is 135 cm³/mol. The molecule has 2 aromatic carbocycles. The quantitative estimate of drug-likeness (QED) is 0.416. The van der Waals surface area contributed by atoms with Gasteiger partial charge in [-0.05, 0) is 53.2 Å². The molecule has 0 spiro atoms. The van der Waals surface area contributed by atoms with Crippen LogP contribution >= 0.6 is 8.69 Å². The van der Waals surface area contributed by atoms with E-state index in [2.05, 4.69) is 86.6 Å². The zero-order valence-corrected chi connectivity index (χ0v) is 22.2. The maximum atomic E-state index is 15.2. The van der Waals surface area contributed by atoms with Crippen molar-refractivity contribution in [3.63, 3.8) is 0 Å². The fourth-order valence-corrected chi connectivity index (χ4v) is 5.43. The molecule has 2 unspecified atom stereocenters. The number of hydrogen-bond acceptors (Lipinski definition) is 2. The molecule has 1 aliphatic heterocycles. The first-order valence-corrected chi connectivity index (χ1v) is 13.1. The van der Waals surface area contributed by atoms with Crippen molar-refractivity contribution in [3.05, 3.63) is 57.6 Å². The van der Waals surface area contributed by atoms with Crippen LogP contribution in [0.1, 0.15) is 102 Å². The molecule has 2 nitrogen and oxygen atoms in total. The molecule has 0 amide bonds. The van der Waals surface area contributed by atoms with Gasteiger partial charge in [0, 0.05) is 22.6 Å². The van der Waals surface area contributed by atoms with Crippen molar-refractivity contribution in [2.75, 3.05) is 0 Å². The third kappa shape index (κ3) is 5.48. The van der Waals surface area contributed by atoms with E-state index >= 15 is 4.20 Å². The first kappa shape index (κ1) is 25.0. The lowest BCUT2D eigenvalue weighted by Gasteiger charge is -2.31. The summed E-state index contributed by atoms with van der Waals surface area (Å²) in [5, 5.41) is 0. The van der Waals surface area contributed by atoms with Crippen molar-refractivity contribution in [2.24, 2.45) is 11.8 Å². The van der Waals surface area contributed by atoms with Gasteiger partial charge >= 0.3 is 8.69 Å². The predicted octanol–water partition coefficient (Wildman–Crippen LogP) is 9.06. The largest absolute Gasteiger partial charge is 0.505 e. The van der Waals surface area contributed by atoms with Gasteiger partial charge in [0.05, 0.1) is 0 Å². The molecule has 1 heterocycles. The maximum Gasteiger partial charge on any atom is 0.505 e. The highest BCUT2D eigenvalue weighted by atomic mass is 31.2. The molecule has 32 heavy (non-hydrogen) atoms. The monoisotopic (exact) mass is 458 g/mol. The van der Waals surface area contributed by atoms with Gasteiger partial charge in [0.15, 0.2) is 0 Å². The highest BCUT2D eigenvalue weighted by Crippen LogP contribution is 2.54. The number of halogens is 1. The SMILES string of the molecule is CCc1cc(CC(C)C)cc2c1OP(F)Oc1c(cc(CC(C)C)cc1C(C)(C)C)C2C. The van der Waals surface area contributed by atoms with E-state index in [1.54, 1.807) is 0 Å². The van der Waals surface area contributed by atoms with Crippen LogP contribution in [-0.4, -0.2) is 0 Å². The molecule has 0 radical (unpaired) electrons. The van der Waals surface area contributed by atoms with Gasteiger partial charge in [0.1, 0.15) is 11.5 Å². The maximum absolute atomic E-state index is 15.2. The summed E-state index contributed by atoms with van der Waals surface area (Å²) in [6.45, 7) is 19.8. The second kappa shape index (κ2) is 9.72. The van der Waals surface area contributed by atoms with Gasteiger partial charge < -0.3 is 9.05 Å². The molecule has 1 aliphatic rings. The van der Waals surface area contributed by atoms with Crippen LogP contribution < -0.4 is 9.05 Å². The molecular weight excluding hydrogens is 418 g/mol. The second-order valence-electron chi connectivity index (χ2n) is 11.2. The molecule has 2 atom stereocenters. The van der Waals surface area contributed by atoms with Crippen LogP contribution in [0.2, 0.25) is 0 Å². The Kier molecular flexibility index (Phi) is 7.60. The molecule has 3 rings (SSSR count). The Morgan fingerprint density at radius 1 is 0.875 bits per heavy atom. The van der Waals surface area contributed by atoms with Gasteiger partial charge in [-0.1, -0.05) is 86.6 Å². The van der Waals surface area contributed by atoms with Crippen LogP contribution in [0.5, 0.6) is 11.5 Å². The smallest absolute Gasteiger partial charge is 0.414 e. The van der Waals surface area contributed by atoms with E-state index in [0.29, 0.717) is 23.3 Å². The van der Waals surface area contributed by atoms with Crippen LogP contribution in [0, 0.1) is 11.8 Å². The number of rotatable bonds is 5. The fourth-order valence-electron chi connectivity index (χ4n) is 4.68. The molecule has 0 fully saturated rings. The lowest BCUT2D eigenvalue weighted by atomic mass is 9.79. The fraction of sp³-hybridized carbons (Fsp3) is 0.571. The third-order valence-corrected chi connectivity index (χ3v) is 6.82. The van der Waals surface area contributed by atoms with Crippen molar-refractivity contribution in [2.45, 2.75) is 92.9 Å². The minimum atomic E-state index is -2.57. The standard InChI is InChI=1S/C28H40FO2P/c1-10-22-13-20(11-17(2)3)14-23-19(6)24-15-21(12-18(4)5)16-25(28(7,8)9)27(24)31-32(29)30-26(22)23/h13-19H,10-12H2,1-9H3. The van der Waals surface area contributed by atoms with E-state index in [0.717, 1.165) is 41.5 Å². The molecule has 2 aromatic rings. The van der Waals surface area contributed by atoms with Crippen LogP contribution in [-0.2, 0) is 24.7 Å². The summed E-state index contributed by atoms with van der Waals surface area (Å²) in [7, 11) is -2.57. The van der Waals surface area contributed by atoms with E-state index in [-0.39, 0.29) is 11.3 Å². The van der Waals surface area contributed by atoms with Crippen molar-refractivity contribution in [1.82, 2.24) is 0 Å². The lowest BCUT2D eigenvalue weighted by molar-refractivity contribution is 0.412. The van der Waals surface area contributed by atoms with Gasteiger partial charge in [0.25, 0.3) is 0 Å². The molecule has 176 valence electrons. The molecule has 0 saturated carbocycles. The molecule has 0 saturated heterocycles.